The van der Waals surface area contributed by atoms with E-state index in [2.05, 4.69) is 22.4 Å². The third-order valence-corrected chi connectivity index (χ3v) is 4.75. The fraction of sp³-hybridized carbons (Fsp3) is 0.846. The van der Waals surface area contributed by atoms with Gasteiger partial charge in [0.1, 0.15) is 12.2 Å². The molecule has 0 saturated heterocycles. The summed E-state index contributed by atoms with van der Waals surface area (Å²) < 4.78 is 7.82. The molecule has 5 nitrogen and oxygen atoms in total. The van der Waals surface area contributed by atoms with Crippen molar-refractivity contribution in [2.45, 2.75) is 51.3 Å². The second-order valence-corrected chi connectivity index (χ2v) is 5.56. The third kappa shape index (κ3) is 1.77. The quantitative estimate of drug-likeness (QED) is 0.854. The molecular weight excluding hydrogens is 228 g/mol. The number of nitrogens with zero attached hydrogens (tertiary/aromatic N) is 3. The van der Waals surface area contributed by atoms with E-state index in [9.17, 15) is 0 Å². The van der Waals surface area contributed by atoms with Gasteiger partial charge >= 0.3 is 0 Å². The van der Waals surface area contributed by atoms with Crippen molar-refractivity contribution in [3.63, 3.8) is 0 Å². The molecule has 3 rings (SSSR count). The molecule has 1 aromatic heterocycles. The van der Waals surface area contributed by atoms with Crippen LogP contribution in [-0.4, -0.2) is 33.5 Å². The van der Waals surface area contributed by atoms with Crippen LogP contribution in [0.3, 0.4) is 0 Å². The second kappa shape index (κ2) is 4.63. The first-order valence-corrected chi connectivity index (χ1v) is 6.94. The zero-order valence-electron chi connectivity index (χ0n) is 11.2. The van der Waals surface area contributed by atoms with Crippen LogP contribution in [-0.2, 0) is 18.3 Å². The van der Waals surface area contributed by atoms with Gasteiger partial charge in [0.2, 0.25) is 0 Å². The van der Waals surface area contributed by atoms with Crippen LogP contribution in [0.5, 0.6) is 0 Å². The molecule has 0 amide bonds. The highest BCUT2D eigenvalue weighted by atomic mass is 16.5. The average molecular weight is 250 g/mol. The number of hydrogen-bond donors (Lipinski definition) is 1. The zero-order chi connectivity index (χ0) is 12.6. The number of aryl methyl sites for hydroxylation is 1. The lowest BCUT2D eigenvalue weighted by Gasteiger charge is -2.61. The monoisotopic (exact) mass is 250 g/mol. The van der Waals surface area contributed by atoms with Gasteiger partial charge in [-0.25, -0.2) is 0 Å². The Balaban J connectivity index is 1.57. The molecule has 5 heteroatoms. The molecule has 2 unspecified atom stereocenters. The molecule has 2 fully saturated rings. The summed E-state index contributed by atoms with van der Waals surface area (Å²) in [5.41, 5.74) is 0.425. The van der Waals surface area contributed by atoms with E-state index in [1.807, 2.05) is 11.6 Å². The molecule has 2 aliphatic carbocycles. The molecule has 1 heterocycles. The van der Waals surface area contributed by atoms with Gasteiger partial charge in [-0.05, 0) is 26.2 Å². The fourth-order valence-electron chi connectivity index (χ4n) is 3.41. The molecule has 1 spiro atoms. The number of aromatic nitrogens is 3. The largest absolute Gasteiger partial charge is 0.378 e. The predicted molar refractivity (Wildman–Crippen MR) is 67.9 cm³/mol. The maximum Gasteiger partial charge on any atom is 0.146 e. The van der Waals surface area contributed by atoms with Crippen molar-refractivity contribution in [2.24, 2.45) is 12.5 Å². The van der Waals surface area contributed by atoms with E-state index in [0.29, 0.717) is 17.6 Å². The van der Waals surface area contributed by atoms with Crippen molar-refractivity contribution in [2.75, 3.05) is 6.61 Å². The zero-order valence-corrected chi connectivity index (χ0v) is 11.2. The van der Waals surface area contributed by atoms with Gasteiger partial charge in [-0.15, -0.1) is 10.2 Å². The van der Waals surface area contributed by atoms with Gasteiger partial charge < -0.3 is 14.6 Å². The van der Waals surface area contributed by atoms with E-state index >= 15 is 0 Å². The highest BCUT2D eigenvalue weighted by Crippen LogP contribution is 2.57. The summed E-state index contributed by atoms with van der Waals surface area (Å²) in [4.78, 5) is 0. The Kier molecular flexibility index (Phi) is 3.11. The Labute approximate surface area is 108 Å². The second-order valence-electron chi connectivity index (χ2n) is 5.56. The standard InChI is InChI=1S/C13H22N4O/c1-3-18-11-7-10(13(11)5-4-6-13)14-8-12-16-15-9-17(12)2/h9-11,14H,3-8H2,1-2H3. The lowest BCUT2D eigenvalue weighted by molar-refractivity contribution is -0.173. The molecule has 1 aromatic rings. The summed E-state index contributed by atoms with van der Waals surface area (Å²) >= 11 is 0. The molecule has 0 bridgehead atoms. The molecule has 18 heavy (non-hydrogen) atoms. The van der Waals surface area contributed by atoms with E-state index in [1.165, 1.54) is 19.3 Å². The average Bonchev–Trinajstić information content (AvgIpc) is 2.66. The highest BCUT2D eigenvalue weighted by Gasteiger charge is 2.58. The first kappa shape index (κ1) is 12.1. The molecule has 1 N–H and O–H groups in total. The first-order chi connectivity index (χ1) is 8.76. The number of nitrogens with one attached hydrogen (secondary N) is 1. The minimum absolute atomic E-state index is 0.425. The molecule has 2 saturated carbocycles. The molecule has 100 valence electrons. The Hall–Kier alpha value is -0.940. The van der Waals surface area contributed by atoms with E-state index in [1.54, 1.807) is 6.33 Å². The van der Waals surface area contributed by atoms with Gasteiger partial charge in [0.15, 0.2) is 0 Å². The van der Waals surface area contributed by atoms with Crippen molar-refractivity contribution in [1.82, 2.24) is 20.1 Å². The van der Waals surface area contributed by atoms with Crippen molar-refractivity contribution < 1.29 is 4.74 Å². The Morgan fingerprint density at radius 3 is 2.94 bits per heavy atom. The van der Waals surface area contributed by atoms with Crippen molar-refractivity contribution in [3.05, 3.63) is 12.2 Å². The normalized spacial score (nSPS) is 29.0. The van der Waals surface area contributed by atoms with Gasteiger partial charge in [-0.3, -0.25) is 0 Å². The third-order valence-electron chi connectivity index (χ3n) is 4.75. The van der Waals surface area contributed by atoms with Crippen LogP contribution in [0.2, 0.25) is 0 Å². The van der Waals surface area contributed by atoms with E-state index in [-0.39, 0.29) is 0 Å². The van der Waals surface area contributed by atoms with E-state index < -0.39 is 0 Å². The van der Waals surface area contributed by atoms with Gasteiger partial charge in [0, 0.05) is 25.1 Å². The molecule has 0 radical (unpaired) electrons. The van der Waals surface area contributed by atoms with Crippen LogP contribution in [0.25, 0.3) is 0 Å². The van der Waals surface area contributed by atoms with Gasteiger partial charge in [0.05, 0.1) is 12.6 Å². The van der Waals surface area contributed by atoms with Crippen molar-refractivity contribution in [3.8, 4) is 0 Å². The molecule has 2 atom stereocenters. The SMILES string of the molecule is CCOC1CC(NCc2nncn2C)C12CCC2. The Morgan fingerprint density at radius 1 is 1.56 bits per heavy atom. The van der Waals surface area contributed by atoms with Crippen LogP contribution >= 0.6 is 0 Å². The Morgan fingerprint density at radius 2 is 2.39 bits per heavy atom. The highest BCUT2D eigenvalue weighted by molar-refractivity contribution is 5.12. The topological polar surface area (TPSA) is 52.0 Å². The number of hydrogen-bond acceptors (Lipinski definition) is 4. The molecule has 0 aliphatic heterocycles. The van der Waals surface area contributed by atoms with Crippen molar-refractivity contribution in [1.29, 1.82) is 0 Å². The number of rotatable bonds is 5. The van der Waals surface area contributed by atoms with E-state index in [0.717, 1.165) is 25.4 Å². The van der Waals surface area contributed by atoms with Gasteiger partial charge in [0.25, 0.3) is 0 Å². The minimum Gasteiger partial charge on any atom is -0.378 e. The lowest BCUT2D eigenvalue weighted by Crippen LogP contribution is -2.66. The van der Waals surface area contributed by atoms with Crippen LogP contribution in [0.15, 0.2) is 6.33 Å². The van der Waals surface area contributed by atoms with Crippen LogP contribution in [0, 0.1) is 5.41 Å². The van der Waals surface area contributed by atoms with Gasteiger partial charge in [-0.2, -0.15) is 0 Å². The molecular formula is C13H22N4O. The lowest BCUT2D eigenvalue weighted by atomic mass is 9.51. The minimum atomic E-state index is 0.425. The summed E-state index contributed by atoms with van der Waals surface area (Å²) in [6.07, 6.45) is 7.35. The maximum absolute atomic E-state index is 5.85. The molecule has 2 aliphatic rings. The summed E-state index contributed by atoms with van der Waals surface area (Å²) in [5, 5.41) is 11.7. The summed E-state index contributed by atoms with van der Waals surface area (Å²) in [5.74, 6) is 1.00. The van der Waals surface area contributed by atoms with E-state index in [4.69, 9.17) is 4.74 Å². The van der Waals surface area contributed by atoms with Crippen LogP contribution in [0.4, 0.5) is 0 Å². The fourth-order valence-corrected chi connectivity index (χ4v) is 3.41. The smallest absolute Gasteiger partial charge is 0.146 e. The van der Waals surface area contributed by atoms with Gasteiger partial charge in [-0.1, -0.05) is 6.42 Å². The van der Waals surface area contributed by atoms with Crippen molar-refractivity contribution >= 4 is 0 Å². The number of ether oxygens (including phenoxy) is 1. The molecule has 0 aromatic carbocycles. The summed E-state index contributed by atoms with van der Waals surface area (Å²) in [6, 6.07) is 0.597. The summed E-state index contributed by atoms with van der Waals surface area (Å²) in [6.45, 7) is 3.73. The Bertz CT molecular complexity index is 413. The van der Waals surface area contributed by atoms with Crippen LogP contribution < -0.4 is 5.32 Å². The predicted octanol–water partition coefficient (Wildman–Crippen LogP) is 1.25. The maximum atomic E-state index is 5.85. The van der Waals surface area contributed by atoms with Crippen LogP contribution in [0.1, 0.15) is 38.4 Å². The summed E-state index contributed by atoms with van der Waals surface area (Å²) in [7, 11) is 1.99. The first-order valence-electron chi connectivity index (χ1n) is 6.94.